The van der Waals surface area contributed by atoms with Crippen LogP contribution in [0, 0.1) is 13.8 Å². The van der Waals surface area contributed by atoms with Crippen LogP contribution in [0.25, 0.3) is 10.8 Å². The normalized spacial score (nSPS) is 12.0. The molecule has 0 aliphatic heterocycles. The summed E-state index contributed by atoms with van der Waals surface area (Å²) in [6.07, 6.45) is -0.578. The number of nitrogens with one attached hydrogen (secondary N) is 1. The Morgan fingerprint density at radius 3 is 2.54 bits per heavy atom. The van der Waals surface area contributed by atoms with Gasteiger partial charge in [0.1, 0.15) is 5.75 Å². The van der Waals surface area contributed by atoms with Crippen molar-refractivity contribution in [3.8, 4) is 5.75 Å². The first-order chi connectivity index (χ1) is 11.5. The number of anilines is 1. The Labute approximate surface area is 142 Å². The molecule has 3 aromatic rings. The molecule has 0 heterocycles. The lowest BCUT2D eigenvalue weighted by molar-refractivity contribution is -0.122. The Bertz CT molecular complexity index is 881. The van der Waals surface area contributed by atoms with Gasteiger partial charge in [0.15, 0.2) is 6.10 Å². The van der Waals surface area contributed by atoms with Crippen molar-refractivity contribution in [2.24, 2.45) is 0 Å². The van der Waals surface area contributed by atoms with Gasteiger partial charge < -0.3 is 10.1 Å². The van der Waals surface area contributed by atoms with E-state index in [0.29, 0.717) is 0 Å². The SMILES string of the molecule is Cc1ccc(O[C@H](C)C(=O)Nc2cccc3ccccc23)c(C)c1. The summed E-state index contributed by atoms with van der Waals surface area (Å²) in [7, 11) is 0. The van der Waals surface area contributed by atoms with E-state index < -0.39 is 6.10 Å². The molecule has 1 N–H and O–H groups in total. The number of hydrogen-bond donors (Lipinski definition) is 1. The van der Waals surface area contributed by atoms with E-state index in [1.54, 1.807) is 6.92 Å². The van der Waals surface area contributed by atoms with Crippen LogP contribution in [0.4, 0.5) is 5.69 Å². The third-order valence-corrected chi connectivity index (χ3v) is 4.05. The molecule has 24 heavy (non-hydrogen) atoms. The fourth-order valence-electron chi connectivity index (χ4n) is 2.74. The monoisotopic (exact) mass is 319 g/mol. The van der Waals surface area contributed by atoms with Crippen molar-refractivity contribution in [1.29, 1.82) is 0 Å². The molecule has 3 nitrogen and oxygen atoms in total. The zero-order chi connectivity index (χ0) is 17.1. The highest BCUT2D eigenvalue weighted by atomic mass is 16.5. The van der Waals surface area contributed by atoms with Gasteiger partial charge in [0.25, 0.3) is 5.91 Å². The lowest BCUT2D eigenvalue weighted by Crippen LogP contribution is -2.30. The molecule has 1 atom stereocenters. The highest BCUT2D eigenvalue weighted by Crippen LogP contribution is 2.24. The van der Waals surface area contributed by atoms with Crippen LogP contribution in [-0.4, -0.2) is 12.0 Å². The van der Waals surface area contributed by atoms with Crippen LogP contribution in [0.2, 0.25) is 0 Å². The van der Waals surface area contributed by atoms with E-state index >= 15 is 0 Å². The van der Waals surface area contributed by atoms with E-state index in [-0.39, 0.29) is 5.91 Å². The van der Waals surface area contributed by atoms with Gasteiger partial charge in [-0.3, -0.25) is 4.79 Å². The van der Waals surface area contributed by atoms with Crippen LogP contribution in [0.3, 0.4) is 0 Å². The molecule has 0 radical (unpaired) electrons. The molecule has 0 bridgehead atoms. The first kappa shape index (κ1) is 16.1. The number of fused-ring (bicyclic) bond motifs is 1. The summed E-state index contributed by atoms with van der Waals surface area (Å²) in [6.45, 7) is 5.78. The van der Waals surface area contributed by atoms with Gasteiger partial charge in [-0.05, 0) is 43.9 Å². The van der Waals surface area contributed by atoms with Gasteiger partial charge in [0.05, 0.1) is 0 Å². The lowest BCUT2D eigenvalue weighted by atomic mass is 10.1. The maximum Gasteiger partial charge on any atom is 0.265 e. The average molecular weight is 319 g/mol. The van der Waals surface area contributed by atoms with Crippen molar-refractivity contribution in [2.45, 2.75) is 26.9 Å². The van der Waals surface area contributed by atoms with Crippen molar-refractivity contribution < 1.29 is 9.53 Å². The fourth-order valence-corrected chi connectivity index (χ4v) is 2.74. The summed E-state index contributed by atoms with van der Waals surface area (Å²) in [6, 6.07) is 19.8. The number of aryl methyl sites for hydroxylation is 2. The predicted molar refractivity (Wildman–Crippen MR) is 98.6 cm³/mol. The van der Waals surface area contributed by atoms with Crippen LogP contribution in [0.15, 0.2) is 60.7 Å². The molecule has 0 unspecified atom stereocenters. The van der Waals surface area contributed by atoms with Gasteiger partial charge in [-0.15, -0.1) is 0 Å². The van der Waals surface area contributed by atoms with Gasteiger partial charge in [0, 0.05) is 11.1 Å². The summed E-state index contributed by atoms with van der Waals surface area (Å²) in [5, 5.41) is 5.09. The summed E-state index contributed by atoms with van der Waals surface area (Å²) in [4.78, 5) is 12.5. The van der Waals surface area contributed by atoms with Gasteiger partial charge in [-0.2, -0.15) is 0 Å². The molecule has 0 aromatic heterocycles. The molecule has 0 spiro atoms. The van der Waals surface area contributed by atoms with Crippen molar-refractivity contribution >= 4 is 22.4 Å². The van der Waals surface area contributed by atoms with Crippen LogP contribution >= 0.6 is 0 Å². The second-order valence-electron chi connectivity index (χ2n) is 6.04. The third kappa shape index (κ3) is 3.40. The second-order valence-corrected chi connectivity index (χ2v) is 6.04. The molecular weight excluding hydrogens is 298 g/mol. The molecule has 0 saturated carbocycles. The second kappa shape index (κ2) is 6.75. The van der Waals surface area contributed by atoms with Gasteiger partial charge >= 0.3 is 0 Å². The average Bonchev–Trinajstić information content (AvgIpc) is 2.57. The summed E-state index contributed by atoms with van der Waals surface area (Å²) >= 11 is 0. The molecule has 3 heteroatoms. The quantitative estimate of drug-likeness (QED) is 0.745. The minimum Gasteiger partial charge on any atom is -0.481 e. The van der Waals surface area contributed by atoms with Crippen molar-refractivity contribution in [3.63, 3.8) is 0 Å². The Morgan fingerprint density at radius 2 is 1.75 bits per heavy atom. The number of carbonyl (C=O) groups is 1. The zero-order valence-corrected chi connectivity index (χ0v) is 14.2. The first-order valence-corrected chi connectivity index (χ1v) is 8.07. The van der Waals surface area contributed by atoms with Gasteiger partial charge in [-0.1, -0.05) is 54.1 Å². The third-order valence-electron chi connectivity index (χ3n) is 4.05. The van der Waals surface area contributed by atoms with E-state index in [9.17, 15) is 4.79 Å². The number of carbonyl (C=O) groups excluding carboxylic acids is 1. The Hall–Kier alpha value is -2.81. The Kier molecular flexibility index (Phi) is 4.52. The minimum absolute atomic E-state index is 0.161. The van der Waals surface area contributed by atoms with Crippen LogP contribution in [0.1, 0.15) is 18.1 Å². The van der Waals surface area contributed by atoms with E-state index in [1.165, 1.54) is 5.56 Å². The molecule has 3 rings (SSSR count). The predicted octanol–water partition coefficient (Wildman–Crippen LogP) is 4.86. The molecule has 122 valence electrons. The van der Waals surface area contributed by atoms with E-state index in [2.05, 4.69) is 5.32 Å². The standard InChI is InChI=1S/C21H21NO2/c1-14-11-12-20(15(2)13-14)24-16(3)21(23)22-19-10-6-8-17-7-4-5-9-18(17)19/h4-13,16H,1-3H3,(H,22,23)/t16-/m1/s1. The van der Waals surface area contributed by atoms with Gasteiger partial charge in [0.2, 0.25) is 0 Å². The number of ether oxygens (including phenoxy) is 1. The van der Waals surface area contributed by atoms with Gasteiger partial charge in [-0.25, -0.2) is 0 Å². The molecule has 0 saturated heterocycles. The van der Waals surface area contributed by atoms with Crippen LogP contribution in [0.5, 0.6) is 5.75 Å². The number of hydrogen-bond acceptors (Lipinski definition) is 2. The molecule has 0 fully saturated rings. The first-order valence-electron chi connectivity index (χ1n) is 8.07. The maximum absolute atomic E-state index is 12.5. The molecule has 0 aliphatic carbocycles. The smallest absolute Gasteiger partial charge is 0.265 e. The Morgan fingerprint density at radius 1 is 1.00 bits per heavy atom. The molecular formula is C21H21NO2. The van der Waals surface area contributed by atoms with E-state index in [4.69, 9.17) is 4.74 Å². The highest BCUT2D eigenvalue weighted by Gasteiger charge is 2.16. The molecule has 3 aromatic carbocycles. The summed E-state index contributed by atoms with van der Waals surface area (Å²) in [5.41, 5.74) is 3.00. The largest absolute Gasteiger partial charge is 0.481 e. The van der Waals surface area contributed by atoms with Crippen LogP contribution < -0.4 is 10.1 Å². The number of amides is 1. The van der Waals surface area contributed by atoms with Crippen molar-refractivity contribution in [1.82, 2.24) is 0 Å². The Balaban J connectivity index is 1.76. The van der Waals surface area contributed by atoms with Crippen molar-refractivity contribution in [3.05, 3.63) is 71.8 Å². The van der Waals surface area contributed by atoms with Crippen molar-refractivity contribution in [2.75, 3.05) is 5.32 Å². The fraction of sp³-hybridized carbons (Fsp3) is 0.190. The van der Waals surface area contributed by atoms with E-state index in [0.717, 1.165) is 27.8 Å². The lowest BCUT2D eigenvalue weighted by Gasteiger charge is -2.17. The van der Waals surface area contributed by atoms with Crippen LogP contribution in [-0.2, 0) is 4.79 Å². The minimum atomic E-state index is -0.578. The number of rotatable bonds is 4. The topological polar surface area (TPSA) is 38.3 Å². The zero-order valence-electron chi connectivity index (χ0n) is 14.2. The number of benzene rings is 3. The molecule has 0 aliphatic rings. The van der Waals surface area contributed by atoms with E-state index in [1.807, 2.05) is 74.5 Å². The highest BCUT2D eigenvalue weighted by molar-refractivity contribution is 6.03. The summed E-state index contributed by atoms with van der Waals surface area (Å²) in [5.74, 6) is 0.576. The summed E-state index contributed by atoms with van der Waals surface area (Å²) < 4.78 is 5.83. The molecule has 1 amide bonds. The maximum atomic E-state index is 12.5.